The zero-order valence-electron chi connectivity index (χ0n) is 19.1. The number of rotatable bonds is 12. The second-order valence-corrected chi connectivity index (χ2v) is 8.12. The highest BCUT2D eigenvalue weighted by atomic mass is 16.3. The van der Waals surface area contributed by atoms with Crippen LogP contribution >= 0.6 is 0 Å². The Labute approximate surface area is 186 Å². The Hall–Kier alpha value is -2.50. The van der Waals surface area contributed by atoms with Crippen LogP contribution in [0.5, 0.6) is 0 Å². The van der Waals surface area contributed by atoms with Gasteiger partial charge in [0.25, 0.3) is 5.91 Å². The molecule has 0 aliphatic rings. The van der Waals surface area contributed by atoms with Crippen LogP contribution in [0.25, 0.3) is 0 Å². The summed E-state index contributed by atoms with van der Waals surface area (Å²) in [6.45, 7) is 7.19. The second kappa shape index (κ2) is 12.4. The summed E-state index contributed by atoms with van der Waals surface area (Å²) in [4.78, 5) is 27.1. The second-order valence-electron chi connectivity index (χ2n) is 8.12. The molecule has 5 heteroatoms. The Bertz CT molecular complexity index is 879. The zero-order chi connectivity index (χ0) is 22.8. The van der Waals surface area contributed by atoms with Gasteiger partial charge in [-0.05, 0) is 61.4 Å². The Morgan fingerprint density at radius 3 is 2.39 bits per heavy atom. The number of amides is 1. The first-order valence-corrected chi connectivity index (χ1v) is 11.3. The molecule has 0 bridgehead atoms. The molecule has 0 aliphatic heterocycles. The van der Waals surface area contributed by atoms with Crippen molar-refractivity contribution in [3.63, 3.8) is 0 Å². The molecular formula is C26H36N2O3. The molecule has 0 saturated heterocycles. The molecule has 2 rings (SSSR count). The van der Waals surface area contributed by atoms with E-state index in [1.165, 1.54) is 0 Å². The summed E-state index contributed by atoms with van der Waals surface area (Å²) in [5.41, 5.74) is 10.1. The number of hydrogen-bond donors (Lipinski definition) is 2. The Morgan fingerprint density at radius 2 is 1.77 bits per heavy atom. The number of aliphatic hydroxyl groups is 1. The molecule has 0 spiro atoms. The summed E-state index contributed by atoms with van der Waals surface area (Å²) >= 11 is 0. The van der Waals surface area contributed by atoms with Crippen LogP contribution in [0.3, 0.4) is 0 Å². The van der Waals surface area contributed by atoms with E-state index in [4.69, 9.17) is 5.73 Å². The number of nitrogens with two attached hydrogens (primary N) is 1. The van der Waals surface area contributed by atoms with Crippen LogP contribution in [0, 0.1) is 6.92 Å². The fraction of sp³-hybridized carbons (Fsp3) is 0.462. The lowest BCUT2D eigenvalue weighted by Crippen LogP contribution is -2.38. The average molecular weight is 425 g/mol. The number of aryl methyl sites for hydroxylation is 2. The van der Waals surface area contributed by atoms with Crippen LogP contribution in [0.15, 0.2) is 42.5 Å². The standard InChI is InChI=1S/C26H36N2O3/c1-4-8-25(30)21-12-14-24(19(3)16-21)26(31)28(15-5-2)18-23(29)13-11-20-9-6-7-10-22(20)17-27/h6-7,9-10,12,14,16,23,29H,4-5,8,11,13,15,17-18,27H2,1-3H3. The minimum atomic E-state index is -0.618. The maximum Gasteiger partial charge on any atom is 0.254 e. The minimum Gasteiger partial charge on any atom is -0.391 e. The molecule has 0 aliphatic carbocycles. The monoisotopic (exact) mass is 424 g/mol. The molecule has 31 heavy (non-hydrogen) atoms. The van der Waals surface area contributed by atoms with Gasteiger partial charge in [0.1, 0.15) is 0 Å². The van der Waals surface area contributed by atoms with Crippen molar-refractivity contribution in [1.29, 1.82) is 0 Å². The largest absolute Gasteiger partial charge is 0.391 e. The molecule has 0 saturated carbocycles. The van der Waals surface area contributed by atoms with Crippen molar-refractivity contribution in [1.82, 2.24) is 4.90 Å². The van der Waals surface area contributed by atoms with Crippen LogP contribution in [-0.4, -0.2) is 40.9 Å². The van der Waals surface area contributed by atoms with Crippen LogP contribution in [0.2, 0.25) is 0 Å². The Morgan fingerprint density at radius 1 is 1.06 bits per heavy atom. The lowest BCUT2D eigenvalue weighted by Gasteiger charge is -2.26. The van der Waals surface area contributed by atoms with Crippen LogP contribution in [-0.2, 0) is 13.0 Å². The molecule has 2 aromatic rings. The van der Waals surface area contributed by atoms with Crippen molar-refractivity contribution in [2.45, 2.75) is 65.5 Å². The van der Waals surface area contributed by atoms with Gasteiger partial charge in [0.05, 0.1) is 6.10 Å². The van der Waals surface area contributed by atoms with Gasteiger partial charge in [0.15, 0.2) is 5.78 Å². The normalized spacial score (nSPS) is 11.9. The smallest absolute Gasteiger partial charge is 0.254 e. The predicted octanol–water partition coefficient (Wildman–Crippen LogP) is 4.28. The highest BCUT2D eigenvalue weighted by Gasteiger charge is 2.21. The highest BCUT2D eigenvalue weighted by molar-refractivity contribution is 5.99. The fourth-order valence-electron chi connectivity index (χ4n) is 3.83. The van der Waals surface area contributed by atoms with E-state index in [-0.39, 0.29) is 18.2 Å². The van der Waals surface area contributed by atoms with Crippen LogP contribution in [0.4, 0.5) is 0 Å². The lowest BCUT2D eigenvalue weighted by molar-refractivity contribution is 0.0608. The molecule has 3 N–H and O–H groups in total. The summed E-state index contributed by atoms with van der Waals surface area (Å²) in [7, 11) is 0. The van der Waals surface area contributed by atoms with E-state index in [9.17, 15) is 14.7 Å². The third-order valence-electron chi connectivity index (χ3n) is 5.55. The van der Waals surface area contributed by atoms with Crippen LogP contribution < -0.4 is 5.73 Å². The predicted molar refractivity (Wildman–Crippen MR) is 125 cm³/mol. The topological polar surface area (TPSA) is 83.6 Å². The average Bonchev–Trinajstić information content (AvgIpc) is 2.77. The van der Waals surface area contributed by atoms with Crippen molar-refractivity contribution in [3.8, 4) is 0 Å². The number of ketones is 1. The Balaban J connectivity index is 2.07. The summed E-state index contributed by atoms with van der Waals surface area (Å²) in [6.07, 6.45) is 2.78. The molecule has 5 nitrogen and oxygen atoms in total. The van der Waals surface area contributed by atoms with E-state index in [2.05, 4.69) is 0 Å². The number of Topliss-reactive ketones (excluding diaryl/α,β-unsaturated/α-hetero) is 1. The molecule has 2 aromatic carbocycles. The van der Waals surface area contributed by atoms with Gasteiger partial charge in [-0.25, -0.2) is 0 Å². The van der Waals surface area contributed by atoms with Gasteiger partial charge in [-0.15, -0.1) is 0 Å². The van der Waals surface area contributed by atoms with E-state index < -0.39 is 6.10 Å². The third kappa shape index (κ3) is 7.01. The zero-order valence-corrected chi connectivity index (χ0v) is 19.1. The number of nitrogens with zero attached hydrogens (tertiary/aromatic N) is 1. The van der Waals surface area contributed by atoms with E-state index in [0.717, 1.165) is 36.0 Å². The molecule has 0 heterocycles. The first kappa shape index (κ1) is 24.8. The molecule has 0 fully saturated rings. The van der Waals surface area contributed by atoms with Gasteiger partial charge in [0.2, 0.25) is 0 Å². The van der Waals surface area contributed by atoms with Crippen molar-refractivity contribution in [2.75, 3.05) is 13.1 Å². The maximum absolute atomic E-state index is 13.2. The number of hydrogen-bond acceptors (Lipinski definition) is 4. The SMILES string of the molecule is CCCC(=O)c1ccc(C(=O)N(CCC)CC(O)CCc2ccccc2CN)c(C)c1. The highest BCUT2D eigenvalue weighted by Crippen LogP contribution is 2.17. The molecule has 0 aromatic heterocycles. The summed E-state index contributed by atoms with van der Waals surface area (Å²) in [6, 6.07) is 13.3. The molecule has 1 unspecified atom stereocenters. The van der Waals surface area contributed by atoms with Crippen molar-refractivity contribution in [2.24, 2.45) is 5.73 Å². The maximum atomic E-state index is 13.2. The molecule has 0 radical (unpaired) electrons. The van der Waals surface area contributed by atoms with E-state index in [1.807, 2.05) is 45.0 Å². The molecule has 168 valence electrons. The molecular weight excluding hydrogens is 388 g/mol. The summed E-state index contributed by atoms with van der Waals surface area (Å²) < 4.78 is 0. The van der Waals surface area contributed by atoms with Gasteiger partial charge in [-0.2, -0.15) is 0 Å². The van der Waals surface area contributed by atoms with E-state index in [1.54, 1.807) is 23.1 Å². The number of benzene rings is 2. The Kier molecular flexibility index (Phi) is 9.89. The van der Waals surface area contributed by atoms with Crippen molar-refractivity contribution in [3.05, 3.63) is 70.3 Å². The number of carbonyl (C=O) groups is 2. The minimum absolute atomic E-state index is 0.100. The number of aliphatic hydroxyl groups excluding tert-OH is 1. The lowest BCUT2D eigenvalue weighted by atomic mass is 9.99. The van der Waals surface area contributed by atoms with E-state index in [0.29, 0.717) is 37.1 Å². The first-order chi connectivity index (χ1) is 14.9. The van der Waals surface area contributed by atoms with Gasteiger partial charge in [0, 0.05) is 37.2 Å². The van der Waals surface area contributed by atoms with Gasteiger partial charge >= 0.3 is 0 Å². The molecule has 1 amide bonds. The summed E-state index contributed by atoms with van der Waals surface area (Å²) in [5.74, 6) is -0.00144. The van der Waals surface area contributed by atoms with Gasteiger partial charge in [-0.1, -0.05) is 44.2 Å². The van der Waals surface area contributed by atoms with Crippen LogP contribution in [0.1, 0.15) is 76.9 Å². The number of carbonyl (C=O) groups excluding carboxylic acids is 2. The van der Waals surface area contributed by atoms with Gasteiger partial charge < -0.3 is 15.7 Å². The summed E-state index contributed by atoms with van der Waals surface area (Å²) in [5, 5.41) is 10.6. The fourth-order valence-corrected chi connectivity index (χ4v) is 3.83. The van der Waals surface area contributed by atoms with Crippen molar-refractivity contribution >= 4 is 11.7 Å². The third-order valence-corrected chi connectivity index (χ3v) is 5.55. The van der Waals surface area contributed by atoms with E-state index >= 15 is 0 Å². The van der Waals surface area contributed by atoms with Gasteiger partial charge in [-0.3, -0.25) is 9.59 Å². The molecule has 1 atom stereocenters. The van der Waals surface area contributed by atoms with Crippen molar-refractivity contribution < 1.29 is 14.7 Å². The first-order valence-electron chi connectivity index (χ1n) is 11.3. The quantitative estimate of drug-likeness (QED) is 0.498.